The van der Waals surface area contributed by atoms with Crippen molar-refractivity contribution in [1.82, 2.24) is 10.4 Å². The number of nitrogens with one attached hydrogen (secondary N) is 1. The molecular formula is C15H26N4O7S. The van der Waals surface area contributed by atoms with E-state index in [2.05, 4.69) is 5.43 Å². The van der Waals surface area contributed by atoms with Crippen LogP contribution in [0.4, 0.5) is 0 Å². The maximum Gasteiger partial charge on any atom is 0.309 e. The van der Waals surface area contributed by atoms with Gasteiger partial charge >= 0.3 is 5.97 Å². The van der Waals surface area contributed by atoms with Crippen LogP contribution in [-0.4, -0.2) is 74.7 Å². The second kappa shape index (κ2) is 11.5. The molecule has 0 saturated carbocycles. The van der Waals surface area contributed by atoms with Gasteiger partial charge in [-0.1, -0.05) is 12.2 Å². The quantitative estimate of drug-likeness (QED) is 0.158. The molecule has 2 amide bonds. The number of amides is 2. The fraction of sp³-hybridized carbons (Fsp3) is 0.667. The summed E-state index contributed by atoms with van der Waals surface area (Å²) in [5, 5.41) is 28.4. The fourth-order valence-corrected chi connectivity index (χ4v) is 2.35. The molecule has 154 valence electrons. The highest BCUT2D eigenvalue weighted by Crippen LogP contribution is 2.14. The van der Waals surface area contributed by atoms with Crippen molar-refractivity contribution in [3.8, 4) is 0 Å². The van der Waals surface area contributed by atoms with E-state index in [4.69, 9.17) is 33.9 Å². The van der Waals surface area contributed by atoms with Crippen LogP contribution < -0.4 is 16.9 Å². The summed E-state index contributed by atoms with van der Waals surface area (Å²) in [5.74, 6) is -6.00. The van der Waals surface area contributed by atoms with E-state index in [-0.39, 0.29) is 4.99 Å². The molecule has 0 aliphatic heterocycles. The number of carbonyl (C=O) groups is 4. The Kier molecular flexibility index (Phi) is 10.6. The predicted molar refractivity (Wildman–Crippen MR) is 97.9 cm³/mol. The first-order valence-corrected chi connectivity index (χ1v) is 8.46. The van der Waals surface area contributed by atoms with Crippen molar-refractivity contribution >= 4 is 40.8 Å². The topological polar surface area (TPSA) is 196 Å². The lowest BCUT2D eigenvalue weighted by atomic mass is 9.93. The Hall–Kier alpha value is -2.15. The van der Waals surface area contributed by atoms with Crippen molar-refractivity contribution in [2.75, 3.05) is 13.7 Å². The van der Waals surface area contributed by atoms with Crippen LogP contribution in [0.5, 0.6) is 0 Å². The summed E-state index contributed by atoms with van der Waals surface area (Å²) in [6, 6.07) is -0.928. The Bertz CT molecular complexity index is 585. The third-order valence-electron chi connectivity index (χ3n) is 3.75. The number of nitrogens with two attached hydrogens (primary N) is 2. The monoisotopic (exact) mass is 406 g/mol. The van der Waals surface area contributed by atoms with E-state index in [9.17, 15) is 24.3 Å². The molecule has 0 rings (SSSR count). The van der Waals surface area contributed by atoms with E-state index in [1.807, 2.05) is 0 Å². The third-order valence-corrected chi connectivity index (χ3v) is 4.30. The maximum absolute atomic E-state index is 12.4. The number of rotatable bonds is 11. The average Bonchev–Trinajstić information content (AvgIpc) is 2.56. The molecule has 0 saturated heterocycles. The zero-order chi connectivity index (χ0) is 21.3. The first-order valence-electron chi connectivity index (χ1n) is 8.06. The molecule has 0 aromatic carbocycles. The standard InChI is InChI=1S/C15H26N4O7S/c1-7(21)12(17)14(27)19(2)18-13(24)8(5-11(16)23)3-10(22)4-9(6-20)15(25)26/h7-9,12,20-21H,3-6,17H2,1-2H3,(H2,16,23)(H,18,24)(H,25,26)/t7?,8-,9-,12-/m1/s1. The van der Waals surface area contributed by atoms with Crippen LogP contribution in [0.15, 0.2) is 0 Å². The van der Waals surface area contributed by atoms with Gasteiger partial charge in [-0.25, -0.2) is 0 Å². The molecule has 11 nitrogen and oxygen atoms in total. The van der Waals surface area contributed by atoms with Gasteiger partial charge in [0.15, 0.2) is 0 Å². The van der Waals surface area contributed by atoms with Crippen LogP contribution >= 0.6 is 12.2 Å². The Morgan fingerprint density at radius 3 is 2.07 bits per heavy atom. The molecular weight excluding hydrogens is 380 g/mol. The molecule has 0 aromatic heterocycles. The first-order chi connectivity index (χ1) is 12.4. The van der Waals surface area contributed by atoms with E-state index >= 15 is 0 Å². The van der Waals surface area contributed by atoms with Gasteiger partial charge in [0.1, 0.15) is 10.8 Å². The van der Waals surface area contributed by atoms with Crippen LogP contribution in [0.2, 0.25) is 0 Å². The Morgan fingerprint density at radius 2 is 1.67 bits per heavy atom. The van der Waals surface area contributed by atoms with Gasteiger partial charge in [-0.15, -0.1) is 0 Å². The number of hydrogen-bond donors (Lipinski definition) is 6. The summed E-state index contributed by atoms with van der Waals surface area (Å²) in [6.45, 7) is 0.684. The Morgan fingerprint density at radius 1 is 1.15 bits per heavy atom. The van der Waals surface area contributed by atoms with Crippen molar-refractivity contribution < 1.29 is 34.5 Å². The van der Waals surface area contributed by atoms with E-state index in [1.54, 1.807) is 0 Å². The molecule has 1 unspecified atom stereocenters. The summed E-state index contributed by atoms with van der Waals surface area (Å²) in [6.07, 6.45) is -2.35. The number of carbonyl (C=O) groups excluding carboxylic acids is 3. The molecule has 27 heavy (non-hydrogen) atoms. The number of ketones is 1. The number of aliphatic hydroxyl groups is 2. The molecule has 0 aromatic rings. The van der Waals surface area contributed by atoms with Crippen LogP contribution in [0.25, 0.3) is 0 Å². The Labute approximate surface area is 161 Å². The maximum atomic E-state index is 12.4. The molecule has 0 aliphatic carbocycles. The molecule has 0 bridgehead atoms. The number of carboxylic acid groups (broad SMARTS) is 1. The first kappa shape index (κ1) is 24.8. The highest BCUT2D eigenvalue weighted by molar-refractivity contribution is 7.80. The summed E-state index contributed by atoms with van der Waals surface area (Å²) >= 11 is 5.03. The lowest BCUT2D eigenvalue weighted by Crippen LogP contribution is -2.54. The van der Waals surface area contributed by atoms with E-state index < -0.39 is 73.4 Å². The molecule has 8 N–H and O–H groups in total. The zero-order valence-corrected chi connectivity index (χ0v) is 15.9. The molecule has 0 fully saturated rings. The van der Waals surface area contributed by atoms with Gasteiger partial charge in [0.05, 0.1) is 30.6 Å². The van der Waals surface area contributed by atoms with Crippen LogP contribution in [0, 0.1) is 11.8 Å². The number of nitrogens with zero attached hydrogens (tertiary/aromatic N) is 1. The summed E-state index contributed by atoms with van der Waals surface area (Å²) in [5.41, 5.74) is 13.1. The van der Waals surface area contributed by atoms with Gasteiger partial charge < -0.3 is 26.8 Å². The molecule has 12 heteroatoms. The fourth-order valence-electron chi connectivity index (χ4n) is 2.10. The lowest BCUT2D eigenvalue weighted by Gasteiger charge is -2.27. The summed E-state index contributed by atoms with van der Waals surface area (Å²) in [4.78, 5) is 46.5. The van der Waals surface area contributed by atoms with Crippen LogP contribution in [0.3, 0.4) is 0 Å². The van der Waals surface area contributed by atoms with Gasteiger partial charge in [0.25, 0.3) is 0 Å². The average molecular weight is 406 g/mol. The van der Waals surface area contributed by atoms with Gasteiger partial charge in [-0.3, -0.25) is 29.6 Å². The number of likely N-dealkylation sites (N-methyl/N-ethyl adjacent to an activating group) is 1. The number of aliphatic hydroxyl groups excluding tert-OH is 2. The molecule has 0 spiro atoms. The molecule has 0 heterocycles. The van der Waals surface area contributed by atoms with Crippen molar-refractivity contribution in [1.29, 1.82) is 0 Å². The number of Topliss-reactive ketones (excluding diaryl/α,β-unsaturated/α-hetero) is 1. The van der Waals surface area contributed by atoms with Gasteiger partial charge in [-0.2, -0.15) is 0 Å². The highest BCUT2D eigenvalue weighted by Gasteiger charge is 2.29. The number of aliphatic carboxylic acids is 1. The second-order valence-corrected chi connectivity index (χ2v) is 6.59. The van der Waals surface area contributed by atoms with Gasteiger partial charge in [0.2, 0.25) is 11.8 Å². The normalized spacial score (nSPS) is 15.1. The molecule has 0 radical (unpaired) electrons. The number of hydrogen-bond acceptors (Lipinski definition) is 8. The molecule has 0 aliphatic rings. The summed E-state index contributed by atoms with van der Waals surface area (Å²) < 4.78 is 0. The smallest absolute Gasteiger partial charge is 0.309 e. The van der Waals surface area contributed by atoms with Crippen molar-refractivity contribution in [2.45, 2.75) is 38.3 Å². The second-order valence-electron chi connectivity index (χ2n) is 6.17. The number of thiocarbonyl (C=S) groups is 1. The minimum atomic E-state index is -1.35. The number of hydrazine groups is 1. The van der Waals surface area contributed by atoms with Crippen LogP contribution in [0.1, 0.15) is 26.2 Å². The van der Waals surface area contributed by atoms with Crippen molar-refractivity contribution in [3.63, 3.8) is 0 Å². The van der Waals surface area contributed by atoms with Gasteiger partial charge in [0, 0.05) is 26.3 Å². The highest BCUT2D eigenvalue weighted by atomic mass is 32.1. The van der Waals surface area contributed by atoms with E-state index in [1.165, 1.54) is 14.0 Å². The van der Waals surface area contributed by atoms with Gasteiger partial charge in [-0.05, 0) is 6.92 Å². The lowest BCUT2D eigenvalue weighted by molar-refractivity contribution is -0.145. The minimum absolute atomic E-state index is 0.0220. The van der Waals surface area contributed by atoms with Crippen molar-refractivity contribution in [2.24, 2.45) is 23.3 Å². The largest absolute Gasteiger partial charge is 0.481 e. The SMILES string of the molecule is CC(O)[C@@H](N)C(=S)N(C)NC(=O)[C@@H](CC(N)=O)CC(=O)C[C@H](CO)C(=O)O. The van der Waals surface area contributed by atoms with Crippen LogP contribution in [-0.2, 0) is 19.2 Å². The number of carboxylic acids is 1. The Balaban J connectivity index is 5.05. The van der Waals surface area contributed by atoms with E-state index in [0.717, 1.165) is 5.01 Å². The van der Waals surface area contributed by atoms with E-state index in [0.29, 0.717) is 0 Å². The van der Waals surface area contributed by atoms with Crippen molar-refractivity contribution in [3.05, 3.63) is 0 Å². The summed E-state index contributed by atoms with van der Waals surface area (Å²) in [7, 11) is 1.37. The number of primary amides is 1. The molecule has 4 atom stereocenters. The zero-order valence-electron chi connectivity index (χ0n) is 15.1. The third kappa shape index (κ3) is 8.86. The minimum Gasteiger partial charge on any atom is -0.481 e. The predicted octanol–water partition coefficient (Wildman–Crippen LogP) is -2.48.